The van der Waals surface area contributed by atoms with Gasteiger partial charge in [-0.15, -0.1) is 0 Å². The average molecular weight is 373 g/mol. The average Bonchev–Trinajstić information content (AvgIpc) is 3.10. The molecule has 1 heterocycles. The largest absolute Gasteiger partial charge is 0.497 e. The van der Waals surface area contributed by atoms with E-state index in [2.05, 4.69) is 10.5 Å². The fraction of sp³-hybridized carbons (Fsp3) is 0.158. The molecule has 0 aliphatic heterocycles. The van der Waals surface area contributed by atoms with Gasteiger partial charge in [0.2, 0.25) is 5.88 Å². The van der Waals surface area contributed by atoms with Crippen molar-refractivity contribution in [2.75, 3.05) is 19.5 Å². The van der Waals surface area contributed by atoms with E-state index in [1.54, 1.807) is 31.4 Å². The molecule has 0 saturated heterocycles. The Kier molecular flexibility index (Phi) is 5.43. The van der Waals surface area contributed by atoms with Crippen molar-refractivity contribution >= 4 is 23.5 Å². The zero-order chi connectivity index (χ0) is 18.5. The number of nitrogens with zero attached hydrogens (tertiary/aromatic N) is 1. The number of aromatic nitrogens is 1. The first-order chi connectivity index (χ1) is 12.6. The second-order valence-electron chi connectivity index (χ2n) is 5.44. The summed E-state index contributed by atoms with van der Waals surface area (Å²) in [7, 11) is 2.92. The Labute approximate surface area is 155 Å². The number of hydrogen-bond donors (Lipinski definition) is 1. The molecule has 2 aromatic carbocycles. The van der Waals surface area contributed by atoms with Crippen molar-refractivity contribution < 1.29 is 18.8 Å². The van der Waals surface area contributed by atoms with Crippen LogP contribution in [0.15, 0.2) is 53.1 Å². The van der Waals surface area contributed by atoms with Gasteiger partial charge >= 0.3 is 5.97 Å². The zero-order valence-corrected chi connectivity index (χ0v) is 15.0. The van der Waals surface area contributed by atoms with Gasteiger partial charge in [-0.25, -0.2) is 4.79 Å². The normalized spacial score (nSPS) is 10.4. The number of anilines is 1. The lowest BCUT2D eigenvalue weighted by molar-refractivity contribution is 0.0602. The molecule has 0 bridgehead atoms. The highest BCUT2D eigenvalue weighted by Crippen LogP contribution is 2.31. The van der Waals surface area contributed by atoms with Crippen LogP contribution >= 0.6 is 11.6 Å². The molecule has 26 heavy (non-hydrogen) atoms. The van der Waals surface area contributed by atoms with Gasteiger partial charge in [-0.1, -0.05) is 41.0 Å². The Morgan fingerprint density at radius 3 is 2.62 bits per heavy atom. The van der Waals surface area contributed by atoms with Crippen LogP contribution in [0.2, 0.25) is 5.02 Å². The summed E-state index contributed by atoms with van der Waals surface area (Å²) >= 11 is 6.03. The molecule has 1 aromatic heterocycles. The number of nitrogens with one attached hydrogen (secondary N) is 1. The van der Waals surface area contributed by atoms with Gasteiger partial charge in [0.15, 0.2) is 5.56 Å². The summed E-state index contributed by atoms with van der Waals surface area (Å²) in [5.41, 5.74) is 2.25. The first kappa shape index (κ1) is 17.8. The van der Waals surface area contributed by atoms with Crippen molar-refractivity contribution in [3.63, 3.8) is 0 Å². The quantitative estimate of drug-likeness (QED) is 0.646. The molecule has 0 spiro atoms. The Morgan fingerprint density at radius 1 is 1.19 bits per heavy atom. The summed E-state index contributed by atoms with van der Waals surface area (Å²) in [6.07, 6.45) is 0. The number of benzene rings is 2. The number of carbonyl (C=O) groups excluding carboxylic acids is 1. The maximum absolute atomic E-state index is 12.3. The molecule has 7 heteroatoms. The first-order valence-electron chi connectivity index (χ1n) is 7.83. The number of hydrogen-bond acceptors (Lipinski definition) is 6. The maximum Gasteiger partial charge on any atom is 0.345 e. The molecule has 3 rings (SSSR count). The van der Waals surface area contributed by atoms with Crippen LogP contribution < -0.4 is 10.1 Å². The highest BCUT2D eigenvalue weighted by atomic mass is 35.5. The lowest BCUT2D eigenvalue weighted by atomic mass is 10.1. The molecule has 0 fully saturated rings. The van der Waals surface area contributed by atoms with Gasteiger partial charge < -0.3 is 19.3 Å². The van der Waals surface area contributed by atoms with Gasteiger partial charge in [-0.05, 0) is 29.8 Å². The minimum atomic E-state index is -0.543. The zero-order valence-electron chi connectivity index (χ0n) is 14.3. The van der Waals surface area contributed by atoms with Crippen LogP contribution in [0.5, 0.6) is 5.75 Å². The Bertz CT molecular complexity index is 906. The number of rotatable bonds is 6. The number of halogens is 1. The summed E-state index contributed by atoms with van der Waals surface area (Å²) in [5.74, 6) is 0.466. The van der Waals surface area contributed by atoms with Crippen LogP contribution in [0.3, 0.4) is 0 Å². The van der Waals surface area contributed by atoms with E-state index in [9.17, 15) is 4.79 Å². The lowest BCUT2D eigenvalue weighted by Crippen LogP contribution is -2.07. The van der Waals surface area contributed by atoms with E-state index in [-0.39, 0.29) is 11.4 Å². The van der Waals surface area contributed by atoms with E-state index < -0.39 is 5.97 Å². The second kappa shape index (κ2) is 7.93. The SMILES string of the molecule is COC(=O)c1c(-c2cccc(Cl)c2)noc1NCc1ccc(OC)cc1. The third kappa shape index (κ3) is 3.81. The Balaban J connectivity index is 1.88. The van der Waals surface area contributed by atoms with Crippen LogP contribution in [-0.2, 0) is 11.3 Å². The number of carbonyl (C=O) groups is 1. The van der Waals surface area contributed by atoms with Gasteiger partial charge in [0, 0.05) is 17.1 Å². The van der Waals surface area contributed by atoms with Gasteiger partial charge in [-0.2, -0.15) is 0 Å². The van der Waals surface area contributed by atoms with Crippen molar-refractivity contribution in [3.8, 4) is 17.0 Å². The van der Waals surface area contributed by atoms with E-state index in [0.29, 0.717) is 22.8 Å². The van der Waals surface area contributed by atoms with Crippen LogP contribution in [0, 0.1) is 0 Å². The Morgan fingerprint density at radius 2 is 1.96 bits per heavy atom. The second-order valence-corrected chi connectivity index (χ2v) is 5.88. The smallest absolute Gasteiger partial charge is 0.345 e. The van der Waals surface area contributed by atoms with Crippen LogP contribution in [-0.4, -0.2) is 25.3 Å². The lowest BCUT2D eigenvalue weighted by Gasteiger charge is -2.06. The monoisotopic (exact) mass is 372 g/mol. The van der Waals surface area contributed by atoms with Gasteiger partial charge in [0.1, 0.15) is 11.4 Å². The third-order valence-corrected chi connectivity index (χ3v) is 4.03. The molecule has 0 amide bonds. The molecule has 0 aliphatic carbocycles. The molecular formula is C19H17ClN2O4. The molecule has 6 nitrogen and oxygen atoms in total. The molecule has 0 atom stereocenters. The number of esters is 1. The number of methoxy groups -OCH3 is 2. The minimum absolute atomic E-state index is 0.225. The highest BCUT2D eigenvalue weighted by molar-refractivity contribution is 6.30. The first-order valence-corrected chi connectivity index (χ1v) is 8.21. The summed E-state index contributed by atoms with van der Waals surface area (Å²) in [6, 6.07) is 14.6. The van der Waals surface area contributed by atoms with Gasteiger partial charge in [0.05, 0.1) is 14.2 Å². The molecule has 0 aliphatic rings. The molecule has 0 radical (unpaired) electrons. The van der Waals surface area contributed by atoms with Crippen molar-refractivity contribution in [3.05, 3.63) is 64.7 Å². The van der Waals surface area contributed by atoms with Crippen molar-refractivity contribution in [1.82, 2.24) is 5.16 Å². The van der Waals surface area contributed by atoms with Gasteiger partial charge in [-0.3, -0.25) is 0 Å². The molecule has 1 N–H and O–H groups in total. The molecular weight excluding hydrogens is 356 g/mol. The standard InChI is InChI=1S/C19H17ClN2O4/c1-24-15-8-6-12(7-9-15)11-21-18-16(19(23)25-2)17(22-26-18)13-4-3-5-14(20)10-13/h3-10,21H,11H2,1-2H3. The third-order valence-electron chi connectivity index (χ3n) is 3.79. The van der Waals surface area contributed by atoms with Gasteiger partial charge in [0.25, 0.3) is 0 Å². The molecule has 134 valence electrons. The van der Waals surface area contributed by atoms with Crippen molar-refractivity contribution in [2.24, 2.45) is 0 Å². The van der Waals surface area contributed by atoms with E-state index in [1.165, 1.54) is 7.11 Å². The van der Waals surface area contributed by atoms with Crippen molar-refractivity contribution in [2.45, 2.75) is 6.54 Å². The maximum atomic E-state index is 12.3. The summed E-state index contributed by atoms with van der Waals surface area (Å²) in [6.45, 7) is 0.443. The van der Waals surface area contributed by atoms with E-state index >= 15 is 0 Å². The van der Waals surface area contributed by atoms with Crippen LogP contribution in [0.25, 0.3) is 11.3 Å². The molecule has 0 saturated carbocycles. The minimum Gasteiger partial charge on any atom is -0.497 e. The highest BCUT2D eigenvalue weighted by Gasteiger charge is 2.25. The van der Waals surface area contributed by atoms with E-state index in [1.807, 2.05) is 24.3 Å². The van der Waals surface area contributed by atoms with Crippen molar-refractivity contribution in [1.29, 1.82) is 0 Å². The predicted octanol–water partition coefficient (Wildman–Crippen LogP) is 4.40. The topological polar surface area (TPSA) is 73.6 Å². The fourth-order valence-electron chi connectivity index (χ4n) is 2.46. The summed E-state index contributed by atoms with van der Waals surface area (Å²) < 4.78 is 15.4. The fourth-order valence-corrected chi connectivity index (χ4v) is 2.65. The number of ether oxygens (including phenoxy) is 2. The van der Waals surface area contributed by atoms with E-state index in [4.69, 9.17) is 25.6 Å². The summed E-state index contributed by atoms with van der Waals surface area (Å²) in [5, 5.41) is 7.64. The van der Waals surface area contributed by atoms with E-state index in [0.717, 1.165) is 11.3 Å². The molecule has 0 unspecified atom stereocenters. The molecule has 3 aromatic rings. The predicted molar refractivity (Wildman–Crippen MR) is 98.6 cm³/mol. The summed E-state index contributed by atoms with van der Waals surface area (Å²) in [4.78, 5) is 12.3. The van der Waals surface area contributed by atoms with Crippen LogP contribution in [0.1, 0.15) is 15.9 Å². The van der Waals surface area contributed by atoms with Crippen LogP contribution in [0.4, 0.5) is 5.88 Å². The Hall–Kier alpha value is -2.99.